The zero-order valence-electron chi connectivity index (χ0n) is 8.71. The lowest BCUT2D eigenvalue weighted by atomic mass is 9.69. The van der Waals surface area contributed by atoms with Gasteiger partial charge in [0.25, 0.3) is 0 Å². The third-order valence-corrected chi connectivity index (χ3v) is 2.88. The lowest BCUT2D eigenvalue weighted by Crippen LogP contribution is -2.43. The van der Waals surface area contributed by atoms with Gasteiger partial charge in [-0.2, -0.15) is 0 Å². The lowest BCUT2D eigenvalue weighted by molar-refractivity contribution is 0.486. The molecule has 70 valence electrons. The summed E-state index contributed by atoms with van der Waals surface area (Å²) in [5, 5.41) is 0. The van der Waals surface area contributed by atoms with E-state index in [0.29, 0.717) is 0 Å². The Bertz CT molecular complexity index is 118. The van der Waals surface area contributed by atoms with Crippen LogP contribution in [0.2, 0.25) is 6.32 Å². The zero-order chi connectivity index (χ0) is 8.97. The molecule has 0 aromatic heterocycles. The van der Waals surface area contributed by atoms with Gasteiger partial charge in [-0.15, -0.1) is 0 Å². The Morgan fingerprint density at radius 3 is 1.83 bits per heavy atom. The predicted octanol–water partition coefficient (Wildman–Crippen LogP) is 1.54. The van der Waals surface area contributed by atoms with Crippen LogP contribution in [0.15, 0.2) is 0 Å². The van der Waals surface area contributed by atoms with E-state index in [9.17, 15) is 0 Å². The van der Waals surface area contributed by atoms with Crippen LogP contribution in [0.5, 0.6) is 0 Å². The fourth-order valence-corrected chi connectivity index (χ4v) is 2.15. The van der Waals surface area contributed by atoms with Crippen LogP contribution in [0.1, 0.15) is 27.2 Å². The van der Waals surface area contributed by atoms with Crippen molar-refractivity contribution >= 4 is 6.98 Å². The summed E-state index contributed by atoms with van der Waals surface area (Å²) in [7, 11) is 0. The smallest absolute Gasteiger partial charge is 0.310 e. The number of nitrogens with zero attached hydrogens (tertiary/aromatic N) is 2. The highest BCUT2D eigenvalue weighted by Gasteiger charge is 2.32. The minimum absolute atomic E-state index is 0.741. The summed E-state index contributed by atoms with van der Waals surface area (Å²) in [6.45, 7) is 12.5. The highest BCUT2D eigenvalue weighted by Crippen LogP contribution is 2.14. The highest BCUT2D eigenvalue weighted by molar-refractivity contribution is 6.53. The minimum Gasteiger partial charge on any atom is -0.327 e. The number of likely N-dealkylation sites (N-methyl/N-ethyl adjacent to an activating group) is 2. The van der Waals surface area contributed by atoms with Gasteiger partial charge in [0.2, 0.25) is 0 Å². The van der Waals surface area contributed by atoms with Crippen molar-refractivity contribution in [3.63, 3.8) is 0 Å². The Labute approximate surface area is 77.0 Å². The minimum atomic E-state index is 0.741. The molecule has 0 amide bonds. The van der Waals surface area contributed by atoms with Gasteiger partial charge >= 0.3 is 6.98 Å². The number of hydrogen-bond donors (Lipinski definition) is 0. The van der Waals surface area contributed by atoms with E-state index in [1.54, 1.807) is 0 Å². The van der Waals surface area contributed by atoms with Gasteiger partial charge < -0.3 is 9.62 Å². The first-order valence-corrected chi connectivity index (χ1v) is 5.31. The Kier molecular flexibility index (Phi) is 4.09. The first kappa shape index (κ1) is 10.1. The van der Waals surface area contributed by atoms with Gasteiger partial charge in [-0.3, -0.25) is 0 Å². The molecule has 0 aromatic carbocycles. The third-order valence-electron chi connectivity index (χ3n) is 2.88. The summed E-state index contributed by atoms with van der Waals surface area (Å²) in [4.78, 5) is 5.18. The second-order valence-electron chi connectivity index (χ2n) is 3.53. The van der Waals surface area contributed by atoms with Crippen LogP contribution in [-0.2, 0) is 0 Å². The molecule has 0 N–H and O–H groups in total. The van der Waals surface area contributed by atoms with Crippen LogP contribution in [0.4, 0.5) is 0 Å². The summed E-state index contributed by atoms with van der Waals surface area (Å²) in [6, 6.07) is 0. The molecule has 1 heterocycles. The maximum Gasteiger partial charge on any atom is 0.310 e. The summed E-state index contributed by atoms with van der Waals surface area (Å²) >= 11 is 0. The molecule has 2 nitrogen and oxygen atoms in total. The quantitative estimate of drug-likeness (QED) is 0.587. The molecule has 1 aliphatic heterocycles. The molecule has 12 heavy (non-hydrogen) atoms. The van der Waals surface area contributed by atoms with Gasteiger partial charge in [0.1, 0.15) is 0 Å². The Morgan fingerprint density at radius 1 is 1.00 bits per heavy atom. The molecule has 0 unspecified atom stereocenters. The van der Waals surface area contributed by atoms with Crippen molar-refractivity contribution in [2.75, 3.05) is 26.2 Å². The maximum absolute atomic E-state index is 2.59. The van der Waals surface area contributed by atoms with E-state index >= 15 is 0 Å². The molecular formula is C9H21BN2. The molecule has 1 aliphatic rings. The first-order chi connectivity index (χ1) is 5.83. The van der Waals surface area contributed by atoms with E-state index in [1.165, 1.54) is 38.9 Å². The summed E-state index contributed by atoms with van der Waals surface area (Å²) in [5.74, 6) is 0. The summed E-state index contributed by atoms with van der Waals surface area (Å²) in [5.41, 5.74) is 0. The number of hydrogen-bond acceptors (Lipinski definition) is 2. The van der Waals surface area contributed by atoms with Crippen molar-refractivity contribution in [3.8, 4) is 0 Å². The molecule has 0 atom stereocenters. The van der Waals surface area contributed by atoms with Crippen molar-refractivity contribution in [1.82, 2.24) is 9.62 Å². The van der Waals surface area contributed by atoms with Gasteiger partial charge in [-0.25, -0.2) is 0 Å². The average molecular weight is 168 g/mol. The number of rotatable bonds is 4. The van der Waals surface area contributed by atoms with Gasteiger partial charge in [0, 0.05) is 13.1 Å². The van der Waals surface area contributed by atoms with E-state index in [0.717, 1.165) is 6.98 Å². The molecule has 3 heteroatoms. The van der Waals surface area contributed by atoms with E-state index in [-0.39, 0.29) is 0 Å². The van der Waals surface area contributed by atoms with Crippen LogP contribution < -0.4 is 0 Å². The molecule has 0 radical (unpaired) electrons. The Morgan fingerprint density at radius 2 is 1.50 bits per heavy atom. The molecule has 0 aliphatic carbocycles. The molecule has 1 saturated heterocycles. The van der Waals surface area contributed by atoms with Crippen LogP contribution in [-0.4, -0.2) is 42.8 Å². The maximum atomic E-state index is 2.59. The first-order valence-electron chi connectivity index (χ1n) is 5.31. The van der Waals surface area contributed by atoms with Crippen molar-refractivity contribution in [1.29, 1.82) is 0 Å². The topological polar surface area (TPSA) is 6.48 Å². The molecule has 1 fully saturated rings. The average Bonchev–Trinajstić information content (AvgIpc) is 2.48. The van der Waals surface area contributed by atoms with E-state index < -0.39 is 0 Å². The Balaban J connectivity index is 2.46. The van der Waals surface area contributed by atoms with Crippen molar-refractivity contribution in [2.45, 2.75) is 33.5 Å². The molecule has 0 aromatic rings. The van der Waals surface area contributed by atoms with Gasteiger partial charge in [0.05, 0.1) is 0 Å². The molecule has 1 rings (SSSR count). The molecule has 0 saturated carbocycles. The van der Waals surface area contributed by atoms with E-state index in [1.807, 2.05) is 0 Å². The fraction of sp³-hybridized carbons (Fsp3) is 1.00. The van der Waals surface area contributed by atoms with Crippen LogP contribution >= 0.6 is 0 Å². The van der Waals surface area contributed by atoms with Crippen LogP contribution in [0, 0.1) is 0 Å². The zero-order valence-corrected chi connectivity index (χ0v) is 8.71. The monoisotopic (exact) mass is 168 g/mol. The molecule has 0 bridgehead atoms. The van der Waals surface area contributed by atoms with Gasteiger partial charge in [-0.1, -0.05) is 27.2 Å². The fourth-order valence-electron chi connectivity index (χ4n) is 2.15. The van der Waals surface area contributed by atoms with Crippen molar-refractivity contribution in [2.24, 2.45) is 0 Å². The third kappa shape index (κ3) is 2.02. The predicted molar refractivity (Wildman–Crippen MR) is 55.3 cm³/mol. The van der Waals surface area contributed by atoms with E-state index in [2.05, 4.69) is 30.4 Å². The van der Waals surface area contributed by atoms with Crippen molar-refractivity contribution < 1.29 is 0 Å². The van der Waals surface area contributed by atoms with E-state index in [4.69, 9.17) is 0 Å². The van der Waals surface area contributed by atoms with Crippen LogP contribution in [0.25, 0.3) is 0 Å². The Hall–Kier alpha value is -0.0151. The van der Waals surface area contributed by atoms with Crippen molar-refractivity contribution in [3.05, 3.63) is 0 Å². The van der Waals surface area contributed by atoms with Crippen LogP contribution in [0.3, 0.4) is 0 Å². The van der Waals surface area contributed by atoms with Gasteiger partial charge in [0.15, 0.2) is 0 Å². The second-order valence-corrected chi connectivity index (χ2v) is 3.53. The lowest BCUT2D eigenvalue weighted by Gasteiger charge is -2.24. The largest absolute Gasteiger partial charge is 0.327 e. The highest BCUT2D eigenvalue weighted by atomic mass is 15.3. The standard InChI is InChI=1S/C9H21BN2/c1-4-7-10-11(5-2)8-9-12(10)6-3/h4-9H2,1-3H3. The van der Waals surface area contributed by atoms with Gasteiger partial charge in [-0.05, 0) is 19.4 Å². The second kappa shape index (κ2) is 4.88. The SMILES string of the molecule is CCCB1N(CC)CCN1CC. The molecule has 0 spiro atoms. The summed E-state index contributed by atoms with van der Waals surface area (Å²) in [6.07, 6.45) is 2.64. The summed E-state index contributed by atoms with van der Waals surface area (Å²) < 4.78 is 0. The molecular weight excluding hydrogens is 147 g/mol. The normalized spacial score (nSPS) is 20.8.